The molecule has 0 heterocycles. The fourth-order valence-corrected chi connectivity index (χ4v) is 2.94. The van der Waals surface area contributed by atoms with E-state index in [1.807, 2.05) is 48.5 Å². The van der Waals surface area contributed by atoms with Crippen molar-refractivity contribution in [3.05, 3.63) is 59.7 Å². The Morgan fingerprint density at radius 3 is 1.23 bits per heavy atom. The Labute approximate surface area is 179 Å². The van der Waals surface area contributed by atoms with Gasteiger partial charge in [-0.15, -0.1) is 0 Å². The van der Waals surface area contributed by atoms with Crippen LogP contribution in [0.5, 0.6) is 11.5 Å². The molecule has 0 bridgehead atoms. The lowest BCUT2D eigenvalue weighted by atomic mass is 10.0. The molecule has 2 aromatic rings. The lowest BCUT2D eigenvalue weighted by Gasteiger charge is -2.12. The summed E-state index contributed by atoms with van der Waals surface area (Å²) >= 11 is 0. The number of hydrogen-bond donors (Lipinski definition) is 0. The molecular weight excluding hydrogens is 380 g/mol. The number of rotatable bonds is 11. The minimum Gasteiger partial charge on any atom is -0.490 e. The first-order chi connectivity index (χ1) is 14.5. The average Bonchev–Trinajstić information content (AvgIpc) is 2.74. The molecule has 0 atom stereocenters. The third-order valence-corrected chi connectivity index (χ3v) is 4.39. The molecule has 0 amide bonds. The van der Waals surface area contributed by atoms with Crippen molar-refractivity contribution >= 4 is 11.4 Å². The fourth-order valence-electron chi connectivity index (χ4n) is 2.94. The lowest BCUT2D eigenvalue weighted by molar-refractivity contribution is 0.211. The van der Waals surface area contributed by atoms with Crippen molar-refractivity contribution in [1.29, 1.82) is 0 Å². The van der Waals surface area contributed by atoms with Gasteiger partial charge in [0.05, 0.1) is 11.4 Å². The number of ether oxygens (including phenoxy) is 2. The van der Waals surface area contributed by atoms with Crippen molar-refractivity contribution in [2.45, 2.75) is 27.7 Å². The number of oxime groups is 2. The maximum Gasteiger partial charge on any atom is 0.122 e. The van der Waals surface area contributed by atoms with Crippen molar-refractivity contribution in [3.63, 3.8) is 0 Å². The monoisotopic (exact) mass is 412 g/mol. The molecule has 0 unspecified atom stereocenters. The molecule has 0 spiro atoms. The van der Waals surface area contributed by atoms with Crippen molar-refractivity contribution in [3.8, 4) is 11.5 Å². The maximum atomic E-state index is 5.78. The van der Waals surface area contributed by atoms with Crippen LogP contribution in [0, 0.1) is 11.8 Å². The second-order valence-corrected chi connectivity index (χ2v) is 7.37. The van der Waals surface area contributed by atoms with Crippen LogP contribution in [-0.4, -0.2) is 38.9 Å². The second kappa shape index (κ2) is 11.9. The van der Waals surface area contributed by atoms with E-state index in [0.29, 0.717) is 13.2 Å². The highest BCUT2D eigenvalue weighted by atomic mass is 16.6. The molecule has 0 fully saturated rings. The van der Waals surface area contributed by atoms with Crippen molar-refractivity contribution in [1.82, 2.24) is 0 Å². The van der Waals surface area contributed by atoms with Crippen LogP contribution in [-0.2, 0) is 9.68 Å². The summed E-state index contributed by atoms with van der Waals surface area (Å²) in [5.41, 5.74) is 3.86. The summed E-state index contributed by atoms with van der Waals surface area (Å²) in [5.74, 6) is 2.12. The van der Waals surface area contributed by atoms with E-state index in [9.17, 15) is 0 Å². The zero-order valence-electron chi connectivity index (χ0n) is 18.7. The molecule has 2 rings (SSSR count). The topological polar surface area (TPSA) is 61.6 Å². The van der Waals surface area contributed by atoms with E-state index in [1.54, 1.807) is 14.2 Å². The van der Waals surface area contributed by atoms with Gasteiger partial charge in [0, 0.05) is 0 Å². The van der Waals surface area contributed by atoms with E-state index in [2.05, 4.69) is 38.0 Å². The number of hydrogen-bond acceptors (Lipinski definition) is 6. The van der Waals surface area contributed by atoms with Crippen LogP contribution in [0.2, 0.25) is 0 Å². The van der Waals surface area contributed by atoms with Gasteiger partial charge in [-0.25, -0.2) is 0 Å². The van der Waals surface area contributed by atoms with E-state index in [1.165, 1.54) is 0 Å². The lowest BCUT2D eigenvalue weighted by Crippen LogP contribution is -2.11. The van der Waals surface area contributed by atoms with Crippen LogP contribution in [0.1, 0.15) is 38.8 Å². The van der Waals surface area contributed by atoms with Gasteiger partial charge in [0.1, 0.15) is 38.9 Å². The Hall–Kier alpha value is -3.02. The second-order valence-electron chi connectivity index (χ2n) is 7.37. The van der Waals surface area contributed by atoms with E-state index in [-0.39, 0.29) is 11.8 Å². The van der Waals surface area contributed by atoms with E-state index in [4.69, 9.17) is 19.1 Å². The molecule has 6 heteroatoms. The Balaban J connectivity index is 1.85. The van der Waals surface area contributed by atoms with Crippen LogP contribution in [0.3, 0.4) is 0 Å². The predicted octanol–water partition coefficient (Wildman–Crippen LogP) is 5.16. The Bertz CT molecular complexity index is 754. The van der Waals surface area contributed by atoms with Crippen molar-refractivity contribution in [2.75, 3.05) is 27.4 Å². The molecule has 0 aliphatic heterocycles. The molecule has 0 aromatic heterocycles. The molecule has 0 saturated carbocycles. The van der Waals surface area contributed by atoms with Gasteiger partial charge in [0.25, 0.3) is 0 Å². The van der Waals surface area contributed by atoms with Gasteiger partial charge >= 0.3 is 0 Å². The molecule has 162 valence electrons. The van der Waals surface area contributed by atoms with Crippen LogP contribution in [0.15, 0.2) is 58.8 Å². The highest BCUT2D eigenvalue weighted by molar-refractivity contribution is 6.02. The number of nitrogens with zero attached hydrogens (tertiary/aromatic N) is 2. The van der Waals surface area contributed by atoms with Crippen LogP contribution in [0.25, 0.3) is 0 Å². The first kappa shape index (κ1) is 23.3. The summed E-state index contributed by atoms with van der Waals surface area (Å²) in [6.45, 7) is 9.24. The van der Waals surface area contributed by atoms with Gasteiger partial charge in [-0.05, 0) is 71.5 Å². The van der Waals surface area contributed by atoms with E-state index >= 15 is 0 Å². The van der Waals surface area contributed by atoms with Crippen molar-refractivity contribution < 1.29 is 19.1 Å². The highest BCUT2D eigenvalue weighted by Gasteiger charge is 2.10. The summed E-state index contributed by atoms with van der Waals surface area (Å²) < 4.78 is 11.6. The zero-order chi connectivity index (χ0) is 21.9. The summed E-state index contributed by atoms with van der Waals surface area (Å²) in [7, 11) is 3.12. The maximum absolute atomic E-state index is 5.78. The molecule has 30 heavy (non-hydrogen) atoms. The molecule has 0 aliphatic carbocycles. The van der Waals surface area contributed by atoms with Gasteiger partial charge in [0.2, 0.25) is 0 Å². The summed E-state index contributed by atoms with van der Waals surface area (Å²) in [5, 5.41) is 8.22. The molecule has 2 aromatic carbocycles. The van der Waals surface area contributed by atoms with Gasteiger partial charge < -0.3 is 19.1 Å². The standard InChI is InChI=1S/C24H32N2O4/c1-17(2)23(25-27-5)19-7-11-21(12-8-19)29-15-16-30-22-13-9-20(10-14-22)24(18(3)4)26-28-6/h7-14,17-18H,15-16H2,1-6H3/b25-23-,26-24-. The molecule has 0 saturated heterocycles. The summed E-state index contributed by atoms with van der Waals surface area (Å²) in [6, 6.07) is 15.7. The van der Waals surface area contributed by atoms with E-state index in [0.717, 1.165) is 34.0 Å². The zero-order valence-corrected chi connectivity index (χ0v) is 18.7. The Morgan fingerprint density at radius 1 is 0.633 bits per heavy atom. The first-order valence-corrected chi connectivity index (χ1v) is 10.1. The summed E-state index contributed by atoms with van der Waals surface area (Å²) in [4.78, 5) is 9.89. The SMILES string of the molecule is CO/N=C(\c1ccc(OCCOc2ccc(/C(=N\OC)C(C)C)cc2)cc1)C(C)C. The summed E-state index contributed by atoms with van der Waals surface area (Å²) in [6.07, 6.45) is 0. The van der Waals surface area contributed by atoms with Gasteiger partial charge in [-0.2, -0.15) is 0 Å². The quantitative estimate of drug-likeness (QED) is 0.291. The van der Waals surface area contributed by atoms with Crippen LogP contribution in [0.4, 0.5) is 0 Å². The minimum atomic E-state index is 0.272. The normalized spacial score (nSPS) is 12.3. The fraction of sp³-hybridized carbons (Fsp3) is 0.417. The smallest absolute Gasteiger partial charge is 0.122 e. The molecular formula is C24H32N2O4. The molecule has 0 N–H and O–H groups in total. The predicted molar refractivity (Wildman–Crippen MR) is 121 cm³/mol. The molecule has 0 radical (unpaired) electrons. The van der Waals surface area contributed by atoms with Crippen LogP contribution < -0.4 is 9.47 Å². The third kappa shape index (κ3) is 6.79. The van der Waals surface area contributed by atoms with Gasteiger partial charge in [0.15, 0.2) is 0 Å². The van der Waals surface area contributed by atoms with Gasteiger partial charge in [-0.3, -0.25) is 0 Å². The van der Waals surface area contributed by atoms with E-state index < -0.39 is 0 Å². The largest absolute Gasteiger partial charge is 0.490 e. The third-order valence-electron chi connectivity index (χ3n) is 4.39. The Morgan fingerprint density at radius 2 is 0.967 bits per heavy atom. The molecule has 6 nitrogen and oxygen atoms in total. The minimum absolute atomic E-state index is 0.272. The van der Waals surface area contributed by atoms with Crippen LogP contribution >= 0.6 is 0 Å². The first-order valence-electron chi connectivity index (χ1n) is 10.1. The Kier molecular flexibility index (Phi) is 9.19. The van der Waals surface area contributed by atoms with Gasteiger partial charge in [-0.1, -0.05) is 38.0 Å². The number of benzene rings is 2. The highest BCUT2D eigenvalue weighted by Crippen LogP contribution is 2.18. The molecule has 0 aliphatic rings. The average molecular weight is 413 g/mol. The van der Waals surface area contributed by atoms with Crippen molar-refractivity contribution in [2.24, 2.45) is 22.1 Å².